The van der Waals surface area contributed by atoms with Crippen LogP contribution >= 0.6 is 0 Å². The molecule has 1 aliphatic rings. The van der Waals surface area contributed by atoms with Crippen molar-refractivity contribution in [2.45, 2.75) is 23.8 Å². The molecule has 0 radical (unpaired) electrons. The van der Waals surface area contributed by atoms with E-state index in [-0.39, 0.29) is 5.03 Å². The number of nitrogens with zero attached hydrogens (tertiary/aromatic N) is 4. The molecule has 6 nitrogen and oxygen atoms in total. The third kappa shape index (κ3) is 2.84. The van der Waals surface area contributed by atoms with E-state index in [0.29, 0.717) is 19.0 Å². The first-order valence-corrected chi connectivity index (χ1v) is 8.40. The van der Waals surface area contributed by atoms with E-state index in [2.05, 4.69) is 9.97 Å². The Labute approximate surface area is 124 Å². The van der Waals surface area contributed by atoms with Crippen LogP contribution in [-0.4, -0.2) is 40.3 Å². The van der Waals surface area contributed by atoms with Crippen LogP contribution in [0.25, 0.3) is 0 Å². The third-order valence-electron chi connectivity index (χ3n) is 3.85. The molecule has 1 aliphatic heterocycles. The van der Waals surface area contributed by atoms with Crippen molar-refractivity contribution in [3.63, 3.8) is 0 Å². The molecule has 0 aromatic carbocycles. The summed E-state index contributed by atoms with van der Waals surface area (Å²) in [5, 5.41) is 0.126. The SMILES string of the molecule is Cn1cnc(S(=O)(=O)N2CCC(c3ccccn3)CC2)c1. The fourth-order valence-electron chi connectivity index (χ4n) is 2.66. The molecule has 0 spiro atoms. The van der Waals surface area contributed by atoms with Crippen LogP contribution in [-0.2, 0) is 17.1 Å². The van der Waals surface area contributed by atoms with E-state index < -0.39 is 10.0 Å². The molecule has 3 heterocycles. The van der Waals surface area contributed by atoms with Crippen LogP contribution in [0.3, 0.4) is 0 Å². The minimum absolute atomic E-state index is 0.126. The highest BCUT2D eigenvalue weighted by atomic mass is 32.2. The lowest BCUT2D eigenvalue weighted by Crippen LogP contribution is -2.38. The summed E-state index contributed by atoms with van der Waals surface area (Å²) in [4.78, 5) is 8.33. The van der Waals surface area contributed by atoms with Gasteiger partial charge in [-0.05, 0) is 25.0 Å². The predicted molar refractivity (Wildman–Crippen MR) is 78.2 cm³/mol. The van der Waals surface area contributed by atoms with Gasteiger partial charge in [0, 0.05) is 44.1 Å². The molecule has 1 fully saturated rings. The summed E-state index contributed by atoms with van der Waals surface area (Å²) < 4.78 is 28.1. The first kappa shape index (κ1) is 14.2. The van der Waals surface area contributed by atoms with Crippen molar-refractivity contribution in [2.24, 2.45) is 7.05 Å². The van der Waals surface area contributed by atoms with Crippen LogP contribution < -0.4 is 0 Å². The summed E-state index contributed by atoms with van der Waals surface area (Å²) in [5.74, 6) is 0.335. The van der Waals surface area contributed by atoms with Crippen molar-refractivity contribution in [1.82, 2.24) is 18.8 Å². The maximum Gasteiger partial charge on any atom is 0.262 e. The molecule has 21 heavy (non-hydrogen) atoms. The van der Waals surface area contributed by atoms with Gasteiger partial charge in [0.05, 0.1) is 6.33 Å². The van der Waals surface area contributed by atoms with Gasteiger partial charge < -0.3 is 4.57 Å². The molecule has 0 aliphatic carbocycles. The molecule has 2 aromatic heterocycles. The zero-order valence-corrected chi connectivity index (χ0v) is 12.7. The molecule has 0 bridgehead atoms. The number of rotatable bonds is 3. The highest BCUT2D eigenvalue weighted by Gasteiger charge is 2.31. The average molecular weight is 306 g/mol. The number of hydrogen-bond donors (Lipinski definition) is 0. The quantitative estimate of drug-likeness (QED) is 0.859. The molecule has 0 atom stereocenters. The van der Waals surface area contributed by atoms with Gasteiger partial charge in [-0.1, -0.05) is 6.07 Å². The van der Waals surface area contributed by atoms with Gasteiger partial charge in [0.15, 0.2) is 5.03 Å². The summed E-state index contributed by atoms with van der Waals surface area (Å²) in [7, 11) is -1.70. The summed E-state index contributed by atoms with van der Waals surface area (Å²) in [6, 6.07) is 5.87. The Kier molecular flexibility index (Phi) is 3.77. The Morgan fingerprint density at radius 2 is 1.95 bits per heavy atom. The molecule has 1 saturated heterocycles. The lowest BCUT2D eigenvalue weighted by atomic mass is 9.94. The van der Waals surface area contributed by atoms with Crippen LogP contribution in [0.4, 0.5) is 0 Å². The van der Waals surface area contributed by atoms with Gasteiger partial charge in [0.1, 0.15) is 0 Å². The first-order chi connectivity index (χ1) is 10.1. The van der Waals surface area contributed by atoms with Gasteiger partial charge >= 0.3 is 0 Å². The van der Waals surface area contributed by atoms with Crippen molar-refractivity contribution < 1.29 is 8.42 Å². The number of sulfonamides is 1. The molecule has 112 valence electrons. The number of imidazole rings is 1. The van der Waals surface area contributed by atoms with Gasteiger partial charge in [0.2, 0.25) is 0 Å². The normalized spacial score (nSPS) is 18.0. The van der Waals surface area contributed by atoms with E-state index in [9.17, 15) is 8.42 Å². The minimum Gasteiger partial charge on any atom is -0.339 e. The largest absolute Gasteiger partial charge is 0.339 e. The Bertz CT molecular complexity index is 704. The molecule has 0 saturated carbocycles. The minimum atomic E-state index is -3.47. The molecule has 3 rings (SSSR count). The molecule has 0 unspecified atom stereocenters. The molecular formula is C14H18N4O2S. The van der Waals surface area contributed by atoms with Gasteiger partial charge in [-0.15, -0.1) is 0 Å². The number of aryl methyl sites for hydroxylation is 1. The fourth-order valence-corrected chi connectivity index (χ4v) is 4.10. The van der Waals surface area contributed by atoms with Crippen LogP contribution in [0, 0.1) is 0 Å². The van der Waals surface area contributed by atoms with Crippen molar-refractivity contribution in [3.8, 4) is 0 Å². The maximum atomic E-state index is 12.5. The van der Waals surface area contributed by atoms with Crippen molar-refractivity contribution in [2.75, 3.05) is 13.1 Å². The number of pyridine rings is 1. The van der Waals surface area contributed by atoms with E-state index in [1.807, 2.05) is 18.2 Å². The Morgan fingerprint density at radius 1 is 1.19 bits per heavy atom. The standard InChI is InChI=1S/C14H18N4O2S/c1-17-10-14(16-11-17)21(19,20)18-8-5-12(6-9-18)13-4-2-3-7-15-13/h2-4,7,10-12H,5-6,8-9H2,1H3. The molecule has 7 heteroatoms. The van der Waals surface area contributed by atoms with E-state index in [4.69, 9.17) is 0 Å². The summed E-state index contributed by atoms with van der Waals surface area (Å²) in [6.45, 7) is 1.03. The van der Waals surface area contributed by atoms with E-state index >= 15 is 0 Å². The maximum absolute atomic E-state index is 12.5. The number of hydrogen-bond acceptors (Lipinski definition) is 4. The van der Waals surface area contributed by atoms with Crippen molar-refractivity contribution >= 4 is 10.0 Å². The highest BCUT2D eigenvalue weighted by Crippen LogP contribution is 2.29. The number of aromatic nitrogens is 3. The highest BCUT2D eigenvalue weighted by molar-refractivity contribution is 7.89. The zero-order valence-electron chi connectivity index (χ0n) is 11.9. The lowest BCUT2D eigenvalue weighted by molar-refractivity contribution is 0.316. The third-order valence-corrected chi connectivity index (χ3v) is 5.63. The average Bonchev–Trinajstić information content (AvgIpc) is 2.96. The van der Waals surface area contributed by atoms with Crippen molar-refractivity contribution in [3.05, 3.63) is 42.6 Å². The Balaban J connectivity index is 1.71. The Hall–Kier alpha value is -1.73. The molecule has 2 aromatic rings. The predicted octanol–water partition coefficient (Wildman–Crippen LogP) is 1.38. The van der Waals surface area contributed by atoms with E-state index in [1.165, 1.54) is 10.6 Å². The lowest BCUT2D eigenvalue weighted by Gasteiger charge is -2.30. The van der Waals surface area contributed by atoms with Crippen LogP contribution in [0.15, 0.2) is 41.9 Å². The fraction of sp³-hybridized carbons (Fsp3) is 0.429. The van der Waals surface area contributed by atoms with E-state index in [1.54, 1.807) is 24.0 Å². The molecule has 0 amide bonds. The topological polar surface area (TPSA) is 68.1 Å². The second-order valence-corrected chi connectivity index (χ2v) is 7.20. The number of piperidine rings is 1. The van der Waals surface area contributed by atoms with Crippen LogP contribution in [0.2, 0.25) is 0 Å². The Morgan fingerprint density at radius 3 is 2.52 bits per heavy atom. The van der Waals surface area contributed by atoms with Gasteiger partial charge in [0.25, 0.3) is 10.0 Å². The smallest absolute Gasteiger partial charge is 0.262 e. The molecule has 0 N–H and O–H groups in total. The van der Waals surface area contributed by atoms with Crippen LogP contribution in [0.1, 0.15) is 24.5 Å². The zero-order chi connectivity index (χ0) is 14.9. The summed E-state index contributed by atoms with van der Waals surface area (Å²) in [6.07, 6.45) is 6.42. The van der Waals surface area contributed by atoms with Gasteiger partial charge in [-0.3, -0.25) is 4.98 Å². The first-order valence-electron chi connectivity index (χ1n) is 6.96. The van der Waals surface area contributed by atoms with E-state index in [0.717, 1.165) is 18.5 Å². The van der Waals surface area contributed by atoms with Gasteiger partial charge in [-0.25, -0.2) is 13.4 Å². The monoisotopic (exact) mass is 306 g/mol. The molecular weight excluding hydrogens is 288 g/mol. The van der Waals surface area contributed by atoms with Crippen LogP contribution in [0.5, 0.6) is 0 Å². The van der Waals surface area contributed by atoms with Gasteiger partial charge in [-0.2, -0.15) is 4.31 Å². The summed E-state index contributed by atoms with van der Waals surface area (Å²) in [5.41, 5.74) is 1.05. The summed E-state index contributed by atoms with van der Waals surface area (Å²) >= 11 is 0. The van der Waals surface area contributed by atoms with Crippen molar-refractivity contribution in [1.29, 1.82) is 0 Å². The second-order valence-electron chi connectivity index (χ2n) is 5.31. The second kappa shape index (κ2) is 5.57.